The second-order valence-electron chi connectivity index (χ2n) is 5.82. The lowest BCUT2D eigenvalue weighted by molar-refractivity contribution is 0.0994. The lowest BCUT2D eigenvalue weighted by atomic mass is 9.85. The first kappa shape index (κ1) is 15.9. The second-order valence-corrected chi connectivity index (χ2v) is 5.82. The van der Waals surface area contributed by atoms with Crippen LogP contribution in [-0.4, -0.2) is 11.9 Å². The average Bonchev–Trinajstić information content (AvgIpc) is 2.60. The molecule has 122 valence electrons. The van der Waals surface area contributed by atoms with Gasteiger partial charge in [-0.25, -0.2) is 0 Å². The number of amides is 1. The molecule has 0 fully saturated rings. The van der Waals surface area contributed by atoms with Gasteiger partial charge in [-0.3, -0.25) is 4.79 Å². The van der Waals surface area contributed by atoms with Gasteiger partial charge in [0, 0.05) is 11.0 Å². The van der Waals surface area contributed by atoms with E-state index in [-0.39, 0.29) is 6.04 Å². The van der Waals surface area contributed by atoms with Crippen molar-refractivity contribution in [1.29, 1.82) is 0 Å². The summed E-state index contributed by atoms with van der Waals surface area (Å²) in [4.78, 5) is 14.9. The molecule has 6 nitrogen and oxygen atoms in total. The minimum atomic E-state index is -0.489. The summed E-state index contributed by atoms with van der Waals surface area (Å²) in [6, 6.07) is 13.4. The van der Waals surface area contributed by atoms with Crippen LogP contribution in [0.3, 0.4) is 0 Å². The van der Waals surface area contributed by atoms with Crippen molar-refractivity contribution < 1.29 is 9.53 Å². The van der Waals surface area contributed by atoms with Crippen LogP contribution in [0.1, 0.15) is 33.5 Å². The number of hydrogen-bond acceptors (Lipinski definition) is 3. The third kappa shape index (κ3) is 3.34. The van der Waals surface area contributed by atoms with Gasteiger partial charge in [-0.05, 0) is 47.6 Å². The Balaban J connectivity index is 1.88. The number of carbonyl (C=O) groups is 1. The Morgan fingerprint density at radius 2 is 2.08 bits per heavy atom. The summed E-state index contributed by atoms with van der Waals surface area (Å²) in [7, 11) is 0. The molecule has 1 aliphatic carbocycles. The summed E-state index contributed by atoms with van der Waals surface area (Å²) in [5.74, 6) is 0.0180. The lowest BCUT2D eigenvalue weighted by Gasteiger charge is -2.24. The van der Waals surface area contributed by atoms with Gasteiger partial charge in [0.2, 0.25) is 0 Å². The highest BCUT2D eigenvalue weighted by Crippen LogP contribution is 2.32. The van der Waals surface area contributed by atoms with Crippen molar-refractivity contribution in [3.8, 4) is 5.75 Å². The van der Waals surface area contributed by atoms with Crippen LogP contribution < -0.4 is 10.5 Å². The maximum atomic E-state index is 12.0. The van der Waals surface area contributed by atoms with Gasteiger partial charge in [0.05, 0.1) is 5.56 Å². The molecule has 1 unspecified atom stereocenters. The summed E-state index contributed by atoms with van der Waals surface area (Å²) < 4.78 is 5.84. The molecule has 0 aromatic heterocycles. The van der Waals surface area contributed by atoms with E-state index in [0.717, 1.165) is 16.7 Å². The lowest BCUT2D eigenvalue weighted by Crippen LogP contribution is -2.23. The molecule has 1 aliphatic rings. The molecule has 3 rings (SSSR count). The standard InChI is InChI=1S/C18H18N4O2/c19-18(23)17-15-8-7-14(21-22-20)10-13(15)6-9-16(17)24-11-12-4-2-1-3-5-12/h1-6,9,14H,7-8,10-11H2,(H2,19,23). The smallest absolute Gasteiger partial charge is 0.252 e. The molecule has 1 amide bonds. The van der Waals surface area contributed by atoms with Gasteiger partial charge < -0.3 is 10.5 Å². The SMILES string of the molecule is [N-]=[N+]=NC1CCc2c(ccc(OCc3ccccc3)c2C(N)=O)C1. The summed E-state index contributed by atoms with van der Waals surface area (Å²) in [5.41, 5.74) is 17.6. The fourth-order valence-corrected chi connectivity index (χ4v) is 3.11. The summed E-state index contributed by atoms with van der Waals surface area (Å²) in [5, 5.41) is 3.79. The quantitative estimate of drug-likeness (QED) is 0.517. The van der Waals surface area contributed by atoms with E-state index in [2.05, 4.69) is 10.0 Å². The van der Waals surface area contributed by atoms with E-state index in [1.54, 1.807) is 6.07 Å². The maximum Gasteiger partial charge on any atom is 0.252 e. The van der Waals surface area contributed by atoms with Crippen molar-refractivity contribution in [2.75, 3.05) is 0 Å². The van der Waals surface area contributed by atoms with Crippen LogP contribution in [0.25, 0.3) is 10.4 Å². The van der Waals surface area contributed by atoms with E-state index >= 15 is 0 Å². The van der Waals surface area contributed by atoms with E-state index in [9.17, 15) is 4.79 Å². The molecule has 2 aromatic rings. The van der Waals surface area contributed by atoms with Gasteiger partial charge in [-0.15, -0.1) is 0 Å². The summed E-state index contributed by atoms with van der Waals surface area (Å²) in [6.45, 7) is 0.376. The number of rotatable bonds is 5. The van der Waals surface area contributed by atoms with Crippen molar-refractivity contribution in [1.82, 2.24) is 0 Å². The molecule has 0 bridgehead atoms. The van der Waals surface area contributed by atoms with Crippen molar-refractivity contribution in [3.05, 3.63) is 75.2 Å². The number of hydrogen-bond donors (Lipinski definition) is 1. The van der Waals surface area contributed by atoms with Gasteiger partial charge in [0.15, 0.2) is 0 Å². The highest BCUT2D eigenvalue weighted by Gasteiger charge is 2.24. The fraction of sp³-hybridized carbons (Fsp3) is 0.278. The van der Waals surface area contributed by atoms with E-state index in [1.807, 2.05) is 36.4 Å². The number of azide groups is 1. The molecule has 0 aliphatic heterocycles. The number of benzene rings is 2. The van der Waals surface area contributed by atoms with Crippen LogP contribution in [0.4, 0.5) is 0 Å². The minimum absolute atomic E-state index is 0.0701. The third-order valence-electron chi connectivity index (χ3n) is 4.25. The predicted octanol–water partition coefficient (Wildman–Crippen LogP) is 3.53. The maximum absolute atomic E-state index is 12.0. The van der Waals surface area contributed by atoms with Gasteiger partial charge in [-0.2, -0.15) is 0 Å². The second kappa shape index (κ2) is 7.06. The number of nitrogens with two attached hydrogens (primary N) is 1. The first-order chi connectivity index (χ1) is 11.7. The van der Waals surface area contributed by atoms with Crippen LogP contribution in [0.2, 0.25) is 0 Å². The Hall–Kier alpha value is -2.98. The summed E-state index contributed by atoms with van der Waals surface area (Å²) >= 11 is 0. The highest BCUT2D eigenvalue weighted by atomic mass is 16.5. The molecule has 0 saturated heterocycles. The first-order valence-electron chi connectivity index (χ1n) is 7.84. The zero-order valence-electron chi connectivity index (χ0n) is 13.2. The Labute approximate surface area is 139 Å². The Morgan fingerprint density at radius 3 is 2.79 bits per heavy atom. The Bertz CT molecular complexity index is 798. The zero-order chi connectivity index (χ0) is 16.9. The minimum Gasteiger partial charge on any atom is -0.488 e. The first-order valence-corrected chi connectivity index (χ1v) is 7.84. The molecule has 6 heteroatoms. The zero-order valence-corrected chi connectivity index (χ0v) is 13.2. The van der Waals surface area contributed by atoms with E-state index in [1.165, 1.54) is 0 Å². The van der Waals surface area contributed by atoms with Gasteiger partial charge in [0.25, 0.3) is 5.91 Å². The van der Waals surface area contributed by atoms with Crippen molar-refractivity contribution in [3.63, 3.8) is 0 Å². The molecule has 0 saturated carbocycles. The van der Waals surface area contributed by atoms with Crippen LogP contribution in [0, 0.1) is 0 Å². The topological polar surface area (TPSA) is 101 Å². The molecule has 0 heterocycles. The average molecular weight is 322 g/mol. The summed E-state index contributed by atoms with van der Waals surface area (Å²) in [6.07, 6.45) is 1.98. The van der Waals surface area contributed by atoms with Crippen molar-refractivity contribution in [2.45, 2.75) is 31.9 Å². The number of nitrogens with zero attached hydrogens (tertiary/aromatic N) is 3. The van der Waals surface area contributed by atoms with E-state index < -0.39 is 5.91 Å². The van der Waals surface area contributed by atoms with Crippen LogP contribution in [0.5, 0.6) is 5.75 Å². The van der Waals surface area contributed by atoms with Gasteiger partial charge >= 0.3 is 0 Å². The molecule has 24 heavy (non-hydrogen) atoms. The van der Waals surface area contributed by atoms with Gasteiger partial charge in [-0.1, -0.05) is 41.5 Å². The Morgan fingerprint density at radius 1 is 1.29 bits per heavy atom. The molecule has 1 atom stereocenters. The number of carbonyl (C=O) groups excluding carboxylic acids is 1. The molecule has 2 N–H and O–H groups in total. The molecule has 2 aromatic carbocycles. The van der Waals surface area contributed by atoms with Crippen LogP contribution >= 0.6 is 0 Å². The van der Waals surface area contributed by atoms with E-state index in [0.29, 0.717) is 37.2 Å². The fourth-order valence-electron chi connectivity index (χ4n) is 3.11. The largest absolute Gasteiger partial charge is 0.488 e. The number of primary amides is 1. The predicted molar refractivity (Wildman–Crippen MR) is 90.7 cm³/mol. The third-order valence-corrected chi connectivity index (χ3v) is 4.25. The molecular formula is C18H18N4O2. The van der Waals surface area contributed by atoms with E-state index in [4.69, 9.17) is 16.0 Å². The van der Waals surface area contributed by atoms with Crippen LogP contribution in [0.15, 0.2) is 47.6 Å². The number of ether oxygens (including phenoxy) is 1. The monoisotopic (exact) mass is 322 g/mol. The van der Waals surface area contributed by atoms with Crippen LogP contribution in [-0.2, 0) is 19.4 Å². The number of fused-ring (bicyclic) bond motifs is 1. The van der Waals surface area contributed by atoms with Crippen molar-refractivity contribution >= 4 is 5.91 Å². The molecule has 0 spiro atoms. The highest BCUT2D eigenvalue weighted by molar-refractivity contribution is 5.97. The molecular weight excluding hydrogens is 304 g/mol. The normalized spacial score (nSPS) is 15.9. The van der Waals surface area contributed by atoms with Gasteiger partial charge in [0.1, 0.15) is 12.4 Å². The van der Waals surface area contributed by atoms with Crippen molar-refractivity contribution in [2.24, 2.45) is 10.8 Å². The molecule has 0 radical (unpaired) electrons. The Kier molecular flexibility index (Phi) is 4.68.